The molecular formula is C12H14N4O3. The molecule has 2 rings (SSSR count). The zero-order valence-electron chi connectivity index (χ0n) is 10.9. The number of pyridine rings is 1. The average Bonchev–Trinajstić information content (AvgIpc) is 2.68. The Morgan fingerprint density at radius 2 is 2.16 bits per heavy atom. The van der Waals surface area contributed by atoms with Gasteiger partial charge >= 0.3 is 5.69 Å². The van der Waals surface area contributed by atoms with Crippen LogP contribution < -0.4 is 5.32 Å². The molecule has 0 aliphatic carbocycles. The van der Waals surface area contributed by atoms with Gasteiger partial charge in [0.05, 0.1) is 10.6 Å². The van der Waals surface area contributed by atoms with Crippen molar-refractivity contribution in [2.24, 2.45) is 0 Å². The topological polar surface area (TPSA) is 94.1 Å². The van der Waals surface area contributed by atoms with Crippen molar-refractivity contribution in [1.82, 2.24) is 10.1 Å². The highest BCUT2D eigenvalue weighted by Gasteiger charge is 2.16. The molecule has 2 heterocycles. The normalized spacial score (nSPS) is 10.5. The van der Waals surface area contributed by atoms with Gasteiger partial charge in [0.1, 0.15) is 5.76 Å². The lowest BCUT2D eigenvalue weighted by Crippen LogP contribution is -2.06. The Kier molecular flexibility index (Phi) is 3.46. The number of rotatable bonds is 4. The Balaban J connectivity index is 2.23. The summed E-state index contributed by atoms with van der Waals surface area (Å²) in [5.74, 6) is 0.940. The summed E-state index contributed by atoms with van der Waals surface area (Å²) in [6, 6.07) is 1.49. The van der Waals surface area contributed by atoms with Crippen LogP contribution in [0.15, 0.2) is 16.8 Å². The Morgan fingerprint density at radius 3 is 2.74 bits per heavy atom. The zero-order valence-corrected chi connectivity index (χ0v) is 10.9. The van der Waals surface area contributed by atoms with E-state index in [2.05, 4.69) is 15.5 Å². The van der Waals surface area contributed by atoms with E-state index in [1.54, 1.807) is 20.0 Å². The van der Waals surface area contributed by atoms with Crippen molar-refractivity contribution in [3.05, 3.63) is 45.0 Å². The predicted molar refractivity (Wildman–Crippen MR) is 68.9 cm³/mol. The van der Waals surface area contributed by atoms with Crippen molar-refractivity contribution in [2.75, 3.05) is 5.32 Å². The van der Waals surface area contributed by atoms with E-state index >= 15 is 0 Å². The molecule has 2 aromatic rings. The van der Waals surface area contributed by atoms with Crippen molar-refractivity contribution in [3.8, 4) is 0 Å². The van der Waals surface area contributed by atoms with Crippen LogP contribution in [0, 0.1) is 30.9 Å². The Labute approximate surface area is 109 Å². The average molecular weight is 262 g/mol. The third kappa shape index (κ3) is 2.70. The van der Waals surface area contributed by atoms with Gasteiger partial charge in [0.2, 0.25) is 5.82 Å². The summed E-state index contributed by atoms with van der Waals surface area (Å²) >= 11 is 0. The van der Waals surface area contributed by atoms with Crippen molar-refractivity contribution < 1.29 is 9.45 Å². The SMILES string of the molecule is Cc1cnc(NCc2c(C)noc2C)c([N+](=O)[O-])c1. The van der Waals surface area contributed by atoms with Crippen LogP contribution in [0.5, 0.6) is 0 Å². The number of hydrogen-bond acceptors (Lipinski definition) is 6. The smallest absolute Gasteiger partial charge is 0.311 e. The maximum atomic E-state index is 11.0. The molecule has 0 aromatic carbocycles. The first-order valence-corrected chi connectivity index (χ1v) is 5.75. The van der Waals surface area contributed by atoms with E-state index in [1.807, 2.05) is 6.92 Å². The summed E-state index contributed by atoms with van der Waals surface area (Å²) in [5.41, 5.74) is 2.36. The molecule has 0 saturated heterocycles. The summed E-state index contributed by atoms with van der Waals surface area (Å²) in [6.07, 6.45) is 1.59. The molecule has 0 spiro atoms. The number of nitrogens with zero attached hydrogens (tertiary/aromatic N) is 3. The molecule has 2 aromatic heterocycles. The molecule has 0 bridgehead atoms. The molecule has 7 heteroatoms. The molecule has 0 fully saturated rings. The zero-order chi connectivity index (χ0) is 14.0. The number of anilines is 1. The lowest BCUT2D eigenvalue weighted by Gasteiger charge is -2.06. The summed E-state index contributed by atoms with van der Waals surface area (Å²) in [4.78, 5) is 14.6. The standard InChI is InChI=1S/C12H14N4O3/c1-7-4-11(16(17)18)12(13-5-7)14-6-10-8(2)15-19-9(10)3/h4-5H,6H2,1-3H3,(H,13,14). The fraction of sp³-hybridized carbons (Fsp3) is 0.333. The Hall–Kier alpha value is -2.44. The van der Waals surface area contributed by atoms with E-state index in [0.29, 0.717) is 12.3 Å². The summed E-state index contributed by atoms with van der Waals surface area (Å²) in [6.45, 7) is 5.77. The van der Waals surface area contributed by atoms with Crippen LogP contribution >= 0.6 is 0 Å². The molecule has 1 N–H and O–H groups in total. The minimum Gasteiger partial charge on any atom is -0.361 e. The van der Waals surface area contributed by atoms with Crippen molar-refractivity contribution in [2.45, 2.75) is 27.3 Å². The highest BCUT2D eigenvalue weighted by Crippen LogP contribution is 2.23. The number of nitrogens with one attached hydrogen (secondary N) is 1. The minimum atomic E-state index is -0.449. The number of aryl methyl sites for hydroxylation is 3. The van der Waals surface area contributed by atoms with E-state index in [0.717, 1.165) is 16.8 Å². The maximum Gasteiger partial charge on any atom is 0.311 e. The van der Waals surface area contributed by atoms with Gasteiger partial charge < -0.3 is 9.84 Å². The number of aromatic nitrogens is 2. The third-order valence-electron chi connectivity index (χ3n) is 2.81. The summed E-state index contributed by atoms with van der Waals surface area (Å²) in [7, 11) is 0. The first kappa shape index (κ1) is 13.0. The minimum absolute atomic E-state index is 0.0354. The second kappa shape index (κ2) is 5.05. The van der Waals surface area contributed by atoms with Gasteiger partial charge in [-0.05, 0) is 26.3 Å². The highest BCUT2D eigenvalue weighted by atomic mass is 16.6. The highest BCUT2D eigenvalue weighted by molar-refractivity contribution is 5.56. The third-order valence-corrected chi connectivity index (χ3v) is 2.81. The predicted octanol–water partition coefficient (Wildman–Crippen LogP) is 2.52. The quantitative estimate of drug-likeness (QED) is 0.672. The van der Waals surface area contributed by atoms with Gasteiger partial charge in [-0.15, -0.1) is 0 Å². The Morgan fingerprint density at radius 1 is 1.42 bits per heavy atom. The fourth-order valence-corrected chi connectivity index (χ4v) is 1.76. The number of nitro groups is 1. The molecule has 0 aliphatic heterocycles. The van der Waals surface area contributed by atoms with Gasteiger partial charge in [0.25, 0.3) is 0 Å². The molecule has 0 saturated carbocycles. The van der Waals surface area contributed by atoms with E-state index in [-0.39, 0.29) is 11.5 Å². The second-order valence-corrected chi connectivity index (χ2v) is 4.29. The van der Waals surface area contributed by atoms with Crippen molar-refractivity contribution in [1.29, 1.82) is 0 Å². The van der Waals surface area contributed by atoms with Crippen LogP contribution in [-0.4, -0.2) is 15.1 Å². The van der Waals surface area contributed by atoms with Gasteiger partial charge in [-0.2, -0.15) is 0 Å². The molecule has 0 amide bonds. The van der Waals surface area contributed by atoms with Crippen LogP contribution in [-0.2, 0) is 6.54 Å². The summed E-state index contributed by atoms with van der Waals surface area (Å²) in [5, 5.41) is 17.7. The van der Waals surface area contributed by atoms with Gasteiger partial charge in [0, 0.05) is 24.4 Å². The van der Waals surface area contributed by atoms with Crippen molar-refractivity contribution in [3.63, 3.8) is 0 Å². The van der Waals surface area contributed by atoms with Crippen molar-refractivity contribution >= 4 is 11.5 Å². The van der Waals surface area contributed by atoms with E-state index in [4.69, 9.17) is 4.52 Å². The lowest BCUT2D eigenvalue weighted by atomic mass is 10.2. The van der Waals surface area contributed by atoms with Crippen LogP contribution in [0.2, 0.25) is 0 Å². The molecule has 0 unspecified atom stereocenters. The van der Waals surface area contributed by atoms with E-state index < -0.39 is 4.92 Å². The van der Waals surface area contributed by atoms with Gasteiger partial charge in [0.15, 0.2) is 0 Å². The van der Waals surface area contributed by atoms with Crippen LogP contribution in [0.25, 0.3) is 0 Å². The first-order chi connectivity index (χ1) is 8.99. The van der Waals surface area contributed by atoms with Crippen LogP contribution in [0.3, 0.4) is 0 Å². The lowest BCUT2D eigenvalue weighted by molar-refractivity contribution is -0.384. The molecular weight excluding hydrogens is 248 g/mol. The van der Waals surface area contributed by atoms with Gasteiger partial charge in [-0.3, -0.25) is 10.1 Å². The molecule has 0 radical (unpaired) electrons. The first-order valence-electron chi connectivity index (χ1n) is 5.75. The second-order valence-electron chi connectivity index (χ2n) is 4.29. The molecule has 0 aliphatic rings. The van der Waals surface area contributed by atoms with Gasteiger partial charge in [-0.1, -0.05) is 5.16 Å². The molecule has 7 nitrogen and oxygen atoms in total. The molecule has 19 heavy (non-hydrogen) atoms. The monoisotopic (exact) mass is 262 g/mol. The summed E-state index contributed by atoms with van der Waals surface area (Å²) < 4.78 is 5.04. The molecule has 0 atom stereocenters. The van der Waals surface area contributed by atoms with Gasteiger partial charge in [-0.25, -0.2) is 4.98 Å². The van der Waals surface area contributed by atoms with E-state index in [9.17, 15) is 10.1 Å². The van der Waals surface area contributed by atoms with Crippen LogP contribution in [0.1, 0.15) is 22.6 Å². The fourth-order valence-electron chi connectivity index (χ4n) is 1.76. The molecule has 100 valence electrons. The number of hydrogen-bond donors (Lipinski definition) is 1. The largest absolute Gasteiger partial charge is 0.361 e. The Bertz CT molecular complexity index is 602. The van der Waals surface area contributed by atoms with Crippen LogP contribution in [0.4, 0.5) is 11.5 Å². The van der Waals surface area contributed by atoms with E-state index in [1.165, 1.54) is 6.07 Å². The maximum absolute atomic E-state index is 11.0.